The van der Waals surface area contributed by atoms with Crippen molar-refractivity contribution in [1.82, 2.24) is 4.83 Å². The van der Waals surface area contributed by atoms with Gasteiger partial charge in [-0.25, -0.2) is 0 Å². The highest BCUT2D eigenvalue weighted by molar-refractivity contribution is 7.89. The molecule has 0 bridgehead atoms. The number of hydrazone groups is 1. The molecule has 8 heteroatoms. The van der Waals surface area contributed by atoms with E-state index in [1.807, 2.05) is 6.92 Å². The monoisotopic (exact) mass is 376 g/mol. The van der Waals surface area contributed by atoms with Crippen LogP contribution in [0.2, 0.25) is 0 Å². The molecule has 7 nitrogen and oxygen atoms in total. The number of hydrogen-bond acceptors (Lipinski definition) is 6. The minimum atomic E-state index is -3.76. The number of rotatable bonds is 6. The van der Waals surface area contributed by atoms with Gasteiger partial charge in [-0.3, -0.25) is 0 Å². The molecule has 138 valence electrons. The van der Waals surface area contributed by atoms with E-state index in [1.54, 1.807) is 37.3 Å². The molecule has 1 heterocycles. The Morgan fingerprint density at radius 2 is 1.81 bits per heavy atom. The number of hydrogen-bond donors (Lipinski definition) is 1. The first kappa shape index (κ1) is 18.1. The van der Waals surface area contributed by atoms with Gasteiger partial charge in [0.15, 0.2) is 11.5 Å². The fraction of sp³-hybridized carbons (Fsp3) is 0.278. The summed E-state index contributed by atoms with van der Waals surface area (Å²) in [6.45, 7) is 5.09. The lowest BCUT2D eigenvalue weighted by Crippen LogP contribution is -2.20. The Balaban J connectivity index is 1.75. The summed E-state index contributed by atoms with van der Waals surface area (Å²) < 4.78 is 41.0. The largest absolute Gasteiger partial charge is 0.494 e. The van der Waals surface area contributed by atoms with E-state index in [0.717, 1.165) is 5.56 Å². The maximum atomic E-state index is 12.4. The van der Waals surface area contributed by atoms with Crippen molar-refractivity contribution in [1.29, 1.82) is 0 Å². The highest BCUT2D eigenvalue weighted by atomic mass is 32.2. The SMILES string of the molecule is CCOc1ccc(S(=O)(=O)N/N=C(/C)c2ccc3c(c2)OCCO3)cc1. The van der Waals surface area contributed by atoms with Gasteiger partial charge in [0.1, 0.15) is 19.0 Å². The van der Waals surface area contributed by atoms with Crippen LogP contribution in [0.25, 0.3) is 0 Å². The summed E-state index contributed by atoms with van der Waals surface area (Å²) in [5, 5.41) is 4.00. The van der Waals surface area contributed by atoms with Gasteiger partial charge in [-0.1, -0.05) is 0 Å². The van der Waals surface area contributed by atoms with Gasteiger partial charge in [0.05, 0.1) is 17.2 Å². The molecule has 2 aromatic carbocycles. The van der Waals surface area contributed by atoms with Crippen molar-refractivity contribution in [3.05, 3.63) is 48.0 Å². The van der Waals surface area contributed by atoms with Crippen molar-refractivity contribution >= 4 is 15.7 Å². The molecule has 0 aliphatic carbocycles. The quantitative estimate of drug-likeness (QED) is 0.619. The summed E-state index contributed by atoms with van der Waals surface area (Å²) in [6, 6.07) is 11.5. The molecule has 0 saturated heterocycles. The first-order chi connectivity index (χ1) is 12.5. The molecular weight excluding hydrogens is 356 g/mol. The fourth-order valence-electron chi connectivity index (χ4n) is 2.40. The van der Waals surface area contributed by atoms with Crippen molar-refractivity contribution in [2.24, 2.45) is 5.10 Å². The average molecular weight is 376 g/mol. The van der Waals surface area contributed by atoms with E-state index in [1.165, 1.54) is 12.1 Å². The smallest absolute Gasteiger partial charge is 0.276 e. The molecule has 0 radical (unpaired) electrons. The van der Waals surface area contributed by atoms with E-state index >= 15 is 0 Å². The van der Waals surface area contributed by atoms with Crippen molar-refractivity contribution in [2.45, 2.75) is 18.7 Å². The maximum absolute atomic E-state index is 12.4. The summed E-state index contributed by atoms with van der Waals surface area (Å²) in [7, 11) is -3.76. The van der Waals surface area contributed by atoms with Gasteiger partial charge in [0.25, 0.3) is 10.0 Å². The van der Waals surface area contributed by atoms with Crippen LogP contribution in [-0.2, 0) is 10.0 Å². The fourth-order valence-corrected chi connectivity index (χ4v) is 3.25. The van der Waals surface area contributed by atoms with Gasteiger partial charge in [0.2, 0.25) is 0 Å². The molecule has 1 aliphatic rings. The molecule has 0 spiro atoms. The first-order valence-electron chi connectivity index (χ1n) is 8.18. The lowest BCUT2D eigenvalue weighted by molar-refractivity contribution is 0.171. The average Bonchev–Trinajstić information content (AvgIpc) is 2.66. The highest BCUT2D eigenvalue weighted by Gasteiger charge is 2.15. The Hall–Kier alpha value is -2.74. The number of fused-ring (bicyclic) bond motifs is 1. The minimum absolute atomic E-state index is 0.111. The minimum Gasteiger partial charge on any atom is -0.494 e. The molecule has 0 saturated carbocycles. The predicted octanol–water partition coefficient (Wildman–Crippen LogP) is 2.56. The number of benzene rings is 2. The Kier molecular flexibility index (Phi) is 5.32. The van der Waals surface area contributed by atoms with E-state index < -0.39 is 10.0 Å². The van der Waals surface area contributed by atoms with Crippen LogP contribution in [0.4, 0.5) is 0 Å². The summed E-state index contributed by atoms with van der Waals surface area (Å²) >= 11 is 0. The van der Waals surface area contributed by atoms with Crippen LogP contribution in [0, 0.1) is 0 Å². The van der Waals surface area contributed by atoms with Crippen LogP contribution in [-0.4, -0.2) is 34.0 Å². The third-order valence-electron chi connectivity index (χ3n) is 3.74. The zero-order chi connectivity index (χ0) is 18.6. The third-order valence-corrected chi connectivity index (χ3v) is 4.96. The third kappa shape index (κ3) is 4.08. The zero-order valence-corrected chi connectivity index (χ0v) is 15.4. The second-order valence-electron chi connectivity index (χ2n) is 5.55. The second-order valence-corrected chi connectivity index (χ2v) is 7.22. The predicted molar refractivity (Wildman–Crippen MR) is 97.6 cm³/mol. The summed E-state index contributed by atoms with van der Waals surface area (Å²) in [4.78, 5) is 2.36. The molecule has 1 N–H and O–H groups in total. The van der Waals surface area contributed by atoms with Crippen molar-refractivity contribution in [3.8, 4) is 17.2 Å². The molecule has 0 fully saturated rings. The lowest BCUT2D eigenvalue weighted by Gasteiger charge is -2.18. The molecule has 1 aliphatic heterocycles. The van der Waals surface area contributed by atoms with Gasteiger partial charge in [-0.05, 0) is 56.3 Å². The second kappa shape index (κ2) is 7.65. The highest BCUT2D eigenvalue weighted by Crippen LogP contribution is 2.30. The van der Waals surface area contributed by atoms with Crippen LogP contribution in [0.5, 0.6) is 17.2 Å². The van der Waals surface area contributed by atoms with E-state index in [4.69, 9.17) is 14.2 Å². The molecule has 0 atom stereocenters. The number of nitrogens with one attached hydrogen (secondary N) is 1. The molecule has 0 unspecified atom stereocenters. The van der Waals surface area contributed by atoms with Crippen LogP contribution >= 0.6 is 0 Å². The van der Waals surface area contributed by atoms with Gasteiger partial charge < -0.3 is 14.2 Å². The number of nitrogens with zero attached hydrogens (tertiary/aromatic N) is 1. The maximum Gasteiger partial charge on any atom is 0.276 e. The van der Waals surface area contributed by atoms with Gasteiger partial charge >= 0.3 is 0 Å². The first-order valence-corrected chi connectivity index (χ1v) is 9.67. The van der Waals surface area contributed by atoms with Crippen molar-refractivity contribution in [2.75, 3.05) is 19.8 Å². The topological polar surface area (TPSA) is 86.2 Å². The van der Waals surface area contributed by atoms with E-state index in [9.17, 15) is 8.42 Å². The van der Waals surface area contributed by atoms with Crippen LogP contribution in [0.3, 0.4) is 0 Å². The molecule has 3 rings (SSSR count). The zero-order valence-electron chi connectivity index (χ0n) is 14.6. The summed E-state index contributed by atoms with van der Waals surface area (Å²) in [5.74, 6) is 1.91. The van der Waals surface area contributed by atoms with Crippen molar-refractivity contribution in [3.63, 3.8) is 0 Å². The Morgan fingerprint density at radius 1 is 1.12 bits per heavy atom. The molecule has 0 aromatic heterocycles. The van der Waals surface area contributed by atoms with Gasteiger partial charge in [-0.2, -0.15) is 18.4 Å². The Bertz CT molecular complexity index is 908. The van der Waals surface area contributed by atoms with Gasteiger partial charge in [0, 0.05) is 5.56 Å². The molecule has 0 amide bonds. The lowest BCUT2D eigenvalue weighted by atomic mass is 10.1. The molecule has 26 heavy (non-hydrogen) atoms. The number of ether oxygens (including phenoxy) is 3. The van der Waals surface area contributed by atoms with E-state index in [2.05, 4.69) is 9.93 Å². The number of sulfonamides is 1. The standard InChI is InChI=1S/C18H20N2O5S/c1-3-23-15-5-7-16(8-6-15)26(21,22)20-19-13(2)14-4-9-17-18(12-14)25-11-10-24-17/h4-9,12,20H,3,10-11H2,1-2H3/b19-13-. The normalized spacial score (nSPS) is 14.0. The van der Waals surface area contributed by atoms with Crippen LogP contribution in [0.1, 0.15) is 19.4 Å². The van der Waals surface area contributed by atoms with Crippen LogP contribution in [0.15, 0.2) is 52.5 Å². The van der Waals surface area contributed by atoms with Crippen LogP contribution < -0.4 is 19.0 Å². The van der Waals surface area contributed by atoms with E-state index in [-0.39, 0.29) is 4.90 Å². The summed E-state index contributed by atoms with van der Waals surface area (Å²) in [6.07, 6.45) is 0. The molecule has 2 aromatic rings. The van der Waals surface area contributed by atoms with Gasteiger partial charge in [-0.15, -0.1) is 0 Å². The Morgan fingerprint density at radius 3 is 2.50 bits per heavy atom. The van der Waals surface area contributed by atoms with Crippen molar-refractivity contribution < 1.29 is 22.6 Å². The van der Waals surface area contributed by atoms with E-state index in [0.29, 0.717) is 42.8 Å². The Labute approximate surface area is 152 Å². The molecular formula is C18H20N2O5S. The summed E-state index contributed by atoms with van der Waals surface area (Å²) in [5.41, 5.74) is 1.25.